The van der Waals surface area contributed by atoms with Crippen LogP contribution in [0.5, 0.6) is 5.75 Å². The number of fused-ring (bicyclic) bond motifs is 2. The number of ether oxygens (including phenoxy) is 1. The Morgan fingerprint density at radius 1 is 1.00 bits per heavy atom. The molecule has 0 radical (unpaired) electrons. The highest BCUT2D eigenvalue weighted by molar-refractivity contribution is 6.01. The molecule has 0 aliphatic carbocycles. The van der Waals surface area contributed by atoms with Crippen LogP contribution < -0.4 is 4.74 Å². The molecule has 0 amide bonds. The number of aryl methyl sites for hydroxylation is 1. The van der Waals surface area contributed by atoms with Crippen molar-refractivity contribution in [1.29, 1.82) is 0 Å². The zero-order valence-electron chi connectivity index (χ0n) is 21.7. The molecule has 4 aromatic heterocycles. The van der Waals surface area contributed by atoms with Crippen LogP contribution in [-0.4, -0.2) is 61.9 Å². The van der Waals surface area contributed by atoms with Gasteiger partial charge in [-0.1, -0.05) is 12.1 Å². The van der Waals surface area contributed by atoms with Gasteiger partial charge in [0.2, 0.25) is 0 Å². The number of aromatic amines is 2. The van der Waals surface area contributed by atoms with Crippen LogP contribution in [0, 0.1) is 12.7 Å². The van der Waals surface area contributed by atoms with Crippen molar-refractivity contribution in [2.24, 2.45) is 7.05 Å². The molecule has 0 atom stereocenters. The maximum atomic E-state index is 14.6. The summed E-state index contributed by atoms with van der Waals surface area (Å²) < 4.78 is 22.4. The average molecular weight is 510 g/mol. The molecule has 0 unspecified atom stereocenters. The number of benzene rings is 2. The third-order valence-corrected chi connectivity index (χ3v) is 6.84. The van der Waals surface area contributed by atoms with Gasteiger partial charge in [0.1, 0.15) is 29.7 Å². The summed E-state index contributed by atoms with van der Waals surface area (Å²) >= 11 is 0. The molecule has 0 spiro atoms. The van der Waals surface area contributed by atoms with E-state index in [1.165, 1.54) is 12.1 Å². The SMILES string of the molecule is Cc1ncc(-c2cc3c(-c4cc5c(-c6cc(F)cc(OCCN(C)C)c6)cccc5[nH]4)n[nH]c3cn2)n1C. The third-order valence-electron chi connectivity index (χ3n) is 6.84. The summed E-state index contributed by atoms with van der Waals surface area (Å²) in [4.78, 5) is 14.5. The molecule has 0 saturated carbocycles. The molecule has 2 N–H and O–H groups in total. The van der Waals surface area contributed by atoms with Crippen molar-refractivity contribution in [3.63, 3.8) is 0 Å². The van der Waals surface area contributed by atoms with Gasteiger partial charge in [-0.25, -0.2) is 9.37 Å². The Morgan fingerprint density at radius 3 is 2.66 bits per heavy atom. The number of hydrogen-bond acceptors (Lipinski definition) is 5. The molecule has 4 heterocycles. The number of rotatable bonds is 7. The lowest BCUT2D eigenvalue weighted by Gasteiger charge is -2.12. The zero-order valence-corrected chi connectivity index (χ0v) is 21.7. The first-order chi connectivity index (χ1) is 18.4. The van der Waals surface area contributed by atoms with E-state index in [9.17, 15) is 4.39 Å². The molecule has 2 aromatic carbocycles. The van der Waals surface area contributed by atoms with Crippen molar-refractivity contribution in [1.82, 2.24) is 34.6 Å². The van der Waals surface area contributed by atoms with Gasteiger partial charge in [0.05, 0.1) is 35.0 Å². The second-order valence-electron chi connectivity index (χ2n) is 9.71. The van der Waals surface area contributed by atoms with Gasteiger partial charge < -0.3 is 19.2 Å². The normalized spacial score (nSPS) is 11.7. The molecule has 6 aromatic rings. The number of imidazole rings is 1. The van der Waals surface area contributed by atoms with Crippen molar-refractivity contribution < 1.29 is 9.13 Å². The Labute approximate surface area is 219 Å². The number of hydrogen-bond donors (Lipinski definition) is 2. The molecular weight excluding hydrogens is 481 g/mol. The average Bonchev–Trinajstić information content (AvgIpc) is 3.59. The van der Waals surface area contributed by atoms with Gasteiger partial charge in [-0.05, 0) is 62.5 Å². The second kappa shape index (κ2) is 9.42. The molecule has 0 fully saturated rings. The highest BCUT2D eigenvalue weighted by Crippen LogP contribution is 2.36. The van der Waals surface area contributed by atoms with E-state index in [1.54, 1.807) is 6.20 Å². The van der Waals surface area contributed by atoms with E-state index in [0.29, 0.717) is 12.4 Å². The van der Waals surface area contributed by atoms with Crippen LogP contribution in [0.1, 0.15) is 5.82 Å². The third kappa shape index (κ3) is 4.31. The highest BCUT2D eigenvalue weighted by atomic mass is 19.1. The van der Waals surface area contributed by atoms with Crippen LogP contribution >= 0.6 is 0 Å². The summed E-state index contributed by atoms with van der Waals surface area (Å²) in [6.45, 7) is 3.19. The summed E-state index contributed by atoms with van der Waals surface area (Å²) in [5.41, 5.74) is 6.84. The Balaban J connectivity index is 1.41. The maximum absolute atomic E-state index is 14.6. The number of aromatic nitrogens is 6. The van der Waals surface area contributed by atoms with Gasteiger partial charge >= 0.3 is 0 Å². The van der Waals surface area contributed by atoms with Crippen molar-refractivity contribution >= 4 is 21.8 Å². The van der Waals surface area contributed by atoms with Gasteiger partial charge in [0.25, 0.3) is 0 Å². The Hall–Kier alpha value is -4.50. The van der Waals surface area contributed by atoms with Gasteiger partial charge in [-0.2, -0.15) is 5.10 Å². The van der Waals surface area contributed by atoms with Crippen LogP contribution in [-0.2, 0) is 7.05 Å². The molecule has 0 bridgehead atoms. The topological polar surface area (TPSA) is 87.7 Å². The van der Waals surface area contributed by atoms with Gasteiger partial charge in [-0.15, -0.1) is 0 Å². The van der Waals surface area contributed by atoms with Gasteiger partial charge in [-0.3, -0.25) is 10.1 Å². The summed E-state index contributed by atoms with van der Waals surface area (Å²) in [6, 6.07) is 14.9. The van der Waals surface area contributed by atoms with Crippen LogP contribution in [0.2, 0.25) is 0 Å². The van der Waals surface area contributed by atoms with E-state index in [-0.39, 0.29) is 5.82 Å². The molecule has 9 heteroatoms. The fourth-order valence-corrected chi connectivity index (χ4v) is 4.68. The van der Waals surface area contributed by atoms with Crippen LogP contribution in [0.3, 0.4) is 0 Å². The van der Waals surface area contributed by atoms with Crippen LogP contribution in [0.25, 0.3) is 55.7 Å². The number of pyridine rings is 1. The van der Waals surface area contributed by atoms with E-state index >= 15 is 0 Å². The lowest BCUT2D eigenvalue weighted by Crippen LogP contribution is -2.19. The summed E-state index contributed by atoms with van der Waals surface area (Å²) in [6.07, 6.45) is 3.62. The zero-order chi connectivity index (χ0) is 26.4. The minimum absolute atomic E-state index is 0.334. The van der Waals surface area contributed by atoms with E-state index in [2.05, 4.69) is 31.2 Å². The van der Waals surface area contributed by atoms with Crippen molar-refractivity contribution in [2.45, 2.75) is 6.92 Å². The second-order valence-corrected chi connectivity index (χ2v) is 9.71. The highest BCUT2D eigenvalue weighted by Gasteiger charge is 2.16. The predicted octanol–water partition coefficient (Wildman–Crippen LogP) is 5.56. The summed E-state index contributed by atoms with van der Waals surface area (Å²) in [5, 5.41) is 9.61. The molecular formula is C29H28FN7O. The number of nitrogens with one attached hydrogen (secondary N) is 2. The molecule has 6 rings (SSSR count). The largest absolute Gasteiger partial charge is 0.492 e. The molecule has 0 saturated heterocycles. The van der Waals surface area contributed by atoms with Gasteiger partial charge in [0, 0.05) is 35.9 Å². The monoisotopic (exact) mass is 509 g/mol. The minimum atomic E-state index is -0.334. The Morgan fingerprint density at radius 2 is 1.87 bits per heavy atom. The number of likely N-dealkylation sites (N-methyl/N-ethyl adjacent to an activating group) is 1. The first kappa shape index (κ1) is 23.9. The molecule has 0 aliphatic heterocycles. The number of H-pyrrole nitrogens is 2. The standard InChI is InChI=1S/C29H28FN7O/c1-17-31-16-28(37(17)4)25-14-23-27(15-32-25)34-35-29(23)26-13-22-21(6-5-7-24(22)33-26)18-10-19(30)12-20(11-18)38-9-8-36(2)3/h5-7,10-16,33H,8-9H2,1-4H3,(H,34,35). The van der Waals surface area contributed by atoms with Crippen molar-refractivity contribution in [3.05, 3.63) is 72.6 Å². The summed E-state index contributed by atoms with van der Waals surface area (Å²) in [7, 11) is 5.93. The number of nitrogens with zero attached hydrogens (tertiary/aromatic N) is 5. The quantitative estimate of drug-likeness (QED) is 0.294. The van der Waals surface area contributed by atoms with E-state index in [0.717, 1.165) is 68.1 Å². The summed E-state index contributed by atoms with van der Waals surface area (Å²) in [5.74, 6) is 1.10. The van der Waals surface area contributed by atoms with E-state index < -0.39 is 0 Å². The number of halogens is 1. The first-order valence-electron chi connectivity index (χ1n) is 12.4. The van der Waals surface area contributed by atoms with Gasteiger partial charge in [0.15, 0.2) is 0 Å². The molecule has 38 heavy (non-hydrogen) atoms. The first-order valence-corrected chi connectivity index (χ1v) is 12.4. The van der Waals surface area contributed by atoms with Crippen molar-refractivity contribution in [3.8, 4) is 39.7 Å². The fourth-order valence-electron chi connectivity index (χ4n) is 4.68. The lowest BCUT2D eigenvalue weighted by atomic mass is 10.0. The van der Waals surface area contributed by atoms with E-state index in [1.807, 2.05) is 74.1 Å². The van der Waals surface area contributed by atoms with Crippen LogP contribution in [0.4, 0.5) is 4.39 Å². The Kier molecular flexibility index (Phi) is 5.92. The fraction of sp³-hybridized carbons (Fsp3) is 0.207. The van der Waals surface area contributed by atoms with Crippen molar-refractivity contribution in [2.75, 3.05) is 27.2 Å². The Bertz CT molecular complexity index is 1780. The maximum Gasteiger partial charge on any atom is 0.127 e. The molecule has 192 valence electrons. The smallest absolute Gasteiger partial charge is 0.127 e. The lowest BCUT2D eigenvalue weighted by molar-refractivity contribution is 0.260. The minimum Gasteiger partial charge on any atom is -0.492 e. The molecule has 0 aliphatic rings. The van der Waals surface area contributed by atoms with E-state index in [4.69, 9.17) is 4.74 Å². The molecule has 8 nitrogen and oxygen atoms in total. The predicted molar refractivity (Wildman–Crippen MR) is 148 cm³/mol. The van der Waals surface area contributed by atoms with Crippen LogP contribution in [0.15, 0.2) is 60.9 Å².